The van der Waals surface area contributed by atoms with Crippen molar-refractivity contribution < 1.29 is 4.12 Å². The fourth-order valence-electron chi connectivity index (χ4n) is 3.90. The SMILES string of the molecule is CC(C)(C)C([SiH2]O[SiH2]C(C(C)(C)C)C(C)(C)C)C(C)(C)C. The molecule has 0 saturated heterocycles. The van der Waals surface area contributed by atoms with E-state index >= 15 is 0 Å². The first-order valence-electron chi connectivity index (χ1n) is 8.55. The first-order valence-corrected chi connectivity index (χ1v) is 11.3. The summed E-state index contributed by atoms with van der Waals surface area (Å²) in [7, 11) is -0.960. The standard InChI is InChI=1S/C18H42OSi2/c1-15(2,3)13(16(4,5)6)20-19-21-14(17(7,8)9)18(10,11)12/h13-14H,20-21H2,1-12H3. The Morgan fingerprint density at radius 3 is 0.810 bits per heavy atom. The van der Waals surface area contributed by atoms with Gasteiger partial charge >= 0.3 is 0 Å². The van der Waals surface area contributed by atoms with Crippen molar-refractivity contribution >= 4 is 19.5 Å². The summed E-state index contributed by atoms with van der Waals surface area (Å²) in [4.78, 5) is 0. The topological polar surface area (TPSA) is 9.23 Å². The summed E-state index contributed by atoms with van der Waals surface area (Å²) >= 11 is 0. The van der Waals surface area contributed by atoms with Crippen molar-refractivity contribution in [3.05, 3.63) is 0 Å². The molecule has 0 bridgehead atoms. The van der Waals surface area contributed by atoms with E-state index in [1.165, 1.54) is 0 Å². The molecule has 0 N–H and O–H groups in total. The van der Waals surface area contributed by atoms with Gasteiger partial charge in [-0.1, -0.05) is 83.1 Å². The monoisotopic (exact) mass is 330 g/mol. The minimum absolute atomic E-state index is 0.359. The summed E-state index contributed by atoms with van der Waals surface area (Å²) in [5, 5.41) is 0. The van der Waals surface area contributed by atoms with Crippen molar-refractivity contribution in [3.63, 3.8) is 0 Å². The zero-order chi connectivity index (χ0) is 17.3. The molecule has 0 aromatic rings. The van der Waals surface area contributed by atoms with Crippen LogP contribution < -0.4 is 0 Å². The normalized spacial score (nSPS) is 16.3. The Morgan fingerprint density at radius 2 is 0.667 bits per heavy atom. The van der Waals surface area contributed by atoms with Gasteiger partial charge in [-0.05, 0) is 32.7 Å². The van der Waals surface area contributed by atoms with Crippen LogP contribution in [-0.4, -0.2) is 19.5 Å². The second-order valence-electron chi connectivity index (χ2n) is 11.1. The molecule has 3 heteroatoms. The molecule has 0 aliphatic heterocycles. The van der Waals surface area contributed by atoms with Crippen molar-refractivity contribution in [2.24, 2.45) is 21.7 Å². The maximum absolute atomic E-state index is 6.54. The summed E-state index contributed by atoms with van der Waals surface area (Å²) in [6.07, 6.45) is 0. The number of hydrogen-bond acceptors (Lipinski definition) is 1. The predicted octanol–water partition coefficient (Wildman–Crippen LogP) is 4.93. The molecular formula is C18H42OSi2. The van der Waals surface area contributed by atoms with Gasteiger partial charge in [0.05, 0.1) is 0 Å². The van der Waals surface area contributed by atoms with Crippen LogP contribution in [0.25, 0.3) is 0 Å². The lowest BCUT2D eigenvalue weighted by atomic mass is 9.77. The van der Waals surface area contributed by atoms with Crippen LogP contribution in [0, 0.1) is 21.7 Å². The van der Waals surface area contributed by atoms with Gasteiger partial charge in [0.25, 0.3) is 0 Å². The zero-order valence-corrected chi connectivity index (χ0v) is 19.8. The van der Waals surface area contributed by atoms with Crippen LogP contribution in [-0.2, 0) is 4.12 Å². The van der Waals surface area contributed by atoms with E-state index < -0.39 is 19.5 Å². The Hall–Kier alpha value is 0.394. The molecule has 0 radical (unpaired) electrons. The first kappa shape index (κ1) is 21.4. The Bertz CT molecular complexity index is 250. The Morgan fingerprint density at radius 1 is 0.476 bits per heavy atom. The van der Waals surface area contributed by atoms with Crippen LogP contribution in [0.3, 0.4) is 0 Å². The van der Waals surface area contributed by atoms with Gasteiger partial charge < -0.3 is 4.12 Å². The molecule has 0 unspecified atom stereocenters. The van der Waals surface area contributed by atoms with E-state index in [9.17, 15) is 0 Å². The van der Waals surface area contributed by atoms with Crippen molar-refractivity contribution in [3.8, 4) is 0 Å². The Labute approximate surface area is 139 Å². The van der Waals surface area contributed by atoms with Crippen molar-refractivity contribution in [2.45, 2.75) is 94.2 Å². The lowest BCUT2D eigenvalue weighted by Gasteiger charge is -2.43. The summed E-state index contributed by atoms with van der Waals surface area (Å²) in [5.41, 5.74) is 2.90. The van der Waals surface area contributed by atoms with E-state index in [0.717, 1.165) is 11.1 Å². The quantitative estimate of drug-likeness (QED) is 0.664. The lowest BCUT2D eigenvalue weighted by Crippen LogP contribution is -2.37. The Kier molecular flexibility index (Phi) is 7.01. The van der Waals surface area contributed by atoms with Crippen LogP contribution in [0.1, 0.15) is 83.1 Å². The van der Waals surface area contributed by atoms with Gasteiger partial charge in [0, 0.05) is 0 Å². The highest BCUT2D eigenvalue weighted by molar-refractivity contribution is 6.45. The van der Waals surface area contributed by atoms with E-state index in [0.29, 0.717) is 21.7 Å². The average Bonchev–Trinajstić information content (AvgIpc) is 2.07. The molecule has 0 aliphatic carbocycles. The number of hydrogen-bond donors (Lipinski definition) is 0. The van der Waals surface area contributed by atoms with Gasteiger partial charge in [-0.15, -0.1) is 0 Å². The third-order valence-corrected chi connectivity index (χ3v) is 12.2. The Balaban J connectivity index is 4.84. The molecule has 0 aromatic carbocycles. The maximum atomic E-state index is 6.54. The van der Waals surface area contributed by atoms with Crippen molar-refractivity contribution in [1.29, 1.82) is 0 Å². The smallest absolute Gasteiger partial charge is 0.150 e. The minimum Gasteiger partial charge on any atom is -0.465 e. The highest BCUT2D eigenvalue weighted by Crippen LogP contribution is 2.46. The van der Waals surface area contributed by atoms with Crippen molar-refractivity contribution in [2.75, 3.05) is 0 Å². The summed E-state index contributed by atoms with van der Waals surface area (Å²) < 4.78 is 6.54. The van der Waals surface area contributed by atoms with Crippen LogP contribution in [0.2, 0.25) is 11.1 Å². The van der Waals surface area contributed by atoms with Crippen LogP contribution in [0.15, 0.2) is 0 Å². The largest absolute Gasteiger partial charge is 0.465 e. The molecule has 1 nitrogen and oxygen atoms in total. The molecule has 0 atom stereocenters. The van der Waals surface area contributed by atoms with Crippen molar-refractivity contribution in [1.82, 2.24) is 0 Å². The van der Waals surface area contributed by atoms with Gasteiger partial charge in [-0.25, -0.2) is 0 Å². The molecular weight excluding hydrogens is 288 g/mol. The fourth-order valence-corrected chi connectivity index (χ4v) is 8.33. The first-order chi connectivity index (χ1) is 8.97. The third kappa shape index (κ3) is 7.47. The van der Waals surface area contributed by atoms with E-state index in [-0.39, 0.29) is 0 Å². The highest BCUT2D eigenvalue weighted by Gasteiger charge is 2.38. The fraction of sp³-hybridized carbons (Fsp3) is 1.00. The minimum atomic E-state index is -0.480. The summed E-state index contributed by atoms with van der Waals surface area (Å²) in [6, 6.07) is 0. The summed E-state index contributed by atoms with van der Waals surface area (Å²) in [6.45, 7) is 28.6. The molecule has 0 amide bonds. The zero-order valence-electron chi connectivity index (χ0n) is 17.0. The third-order valence-electron chi connectivity index (χ3n) is 4.75. The lowest BCUT2D eigenvalue weighted by molar-refractivity contribution is 0.210. The molecule has 0 aliphatic rings. The number of rotatable bonds is 4. The van der Waals surface area contributed by atoms with Crippen LogP contribution in [0.4, 0.5) is 0 Å². The molecule has 0 heterocycles. The second kappa shape index (κ2) is 6.88. The molecule has 0 saturated carbocycles. The van der Waals surface area contributed by atoms with E-state index in [4.69, 9.17) is 4.12 Å². The van der Waals surface area contributed by atoms with Gasteiger partial charge in [-0.3, -0.25) is 0 Å². The highest BCUT2D eigenvalue weighted by atomic mass is 28.3. The van der Waals surface area contributed by atoms with Crippen LogP contribution >= 0.6 is 0 Å². The second-order valence-corrected chi connectivity index (χ2v) is 15.0. The molecule has 0 spiro atoms. The summed E-state index contributed by atoms with van der Waals surface area (Å²) in [5.74, 6) is 0. The van der Waals surface area contributed by atoms with Gasteiger partial charge in [0.2, 0.25) is 0 Å². The molecule has 128 valence electrons. The van der Waals surface area contributed by atoms with E-state index in [1.54, 1.807) is 0 Å². The molecule has 0 aromatic heterocycles. The van der Waals surface area contributed by atoms with Gasteiger partial charge in [0.1, 0.15) is 19.5 Å². The molecule has 21 heavy (non-hydrogen) atoms. The molecule has 0 fully saturated rings. The maximum Gasteiger partial charge on any atom is 0.150 e. The predicted molar refractivity (Wildman–Crippen MR) is 103 cm³/mol. The van der Waals surface area contributed by atoms with E-state index in [1.807, 2.05) is 0 Å². The van der Waals surface area contributed by atoms with Gasteiger partial charge in [-0.2, -0.15) is 0 Å². The molecule has 0 rings (SSSR count). The van der Waals surface area contributed by atoms with Crippen LogP contribution in [0.5, 0.6) is 0 Å². The van der Waals surface area contributed by atoms with E-state index in [2.05, 4.69) is 83.1 Å². The van der Waals surface area contributed by atoms with Gasteiger partial charge in [0.15, 0.2) is 0 Å². The average molecular weight is 331 g/mol.